The van der Waals surface area contributed by atoms with Crippen LogP contribution in [0, 0.1) is 17.8 Å². The Morgan fingerprint density at radius 2 is 1.44 bits per heavy atom. The summed E-state index contributed by atoms with van der Waals surface area (Å²) >= 11 is 0. The molecule has 0 saturated carbocycles. The maximum Gasteiger partial charge on any atom is 0.00886 e. The molecule has 1 unspecified atom stereocenters. The Bertz CT molecular complexity index is 182. The van der Waals surface area contributed by atoms with E-state index in [0.717, 1.165) is 18.8 Å². The Labute approximate surface area is 103 Å². The Morgan fingerprint density at radius 3 is 2.06 bits per heavy atom. The van der Waals surface area contributed by atoms with Crippen LogP contribution in [0.5, 0.6) is 0 Å². The van der Waals surface area contributed by atoms with Gasteiger partial charge < -0.3 is 0 Å². The second-order valence-corrected chi connectivity index (χ2v) is 4.77. The SMILES string of the molecule is CCCC#CCCCCC(CC)CCCC. The number of hydrogen-bond donors (Lipinski definition) is 0. The molecule has 0 fully saturated rings. The van der Waals surface area contributed by atoms with E-state index in [0.29, 0.717) is 0 Å². The molecule has 0 radical (unpaired) electrons. The van der Waals surface area contributed by atoms with E-state index in [9.17, 15) is 0 Å². The van der Waals surface area contributed by atoms with Gasteiger partial charge in [0.05, 0.1) is 0 Å². The van der Waals surface area contributed by atoms with E-state index in [4.69, 9.17) is 0 Å². The van der Waals surface area contributed by atoms with Crippen LogP contribution in [0.3, 0.4) is 0 Å². The maximum atomic E-state index is 3.27. The van der Waals surface area contributed by atoms with Crippen LogP contribution >= 0.6 is 0 Å². The quantitative estimate of drug-likeness (QED) is 0.353. The summed E-state index contributed by atoms with van der Waals surface area (Å²) in [6, 6.07) is 0. The molecule has 0 aromatic carbocycles. The van der Waals surface area contributed by atoms with Crippen LogP contribution in [-0.2, 0) is 0 Å². The molecule has 0 aliphatic carbocycles. The van der Waals surface area contributed by atoms with Gasteiger partial charge in [-0.2, -0.15) is 0 Å². The zero-order valence-electron chi connectivity index (χ0n) is 11.6. The molecular formula is C16H30. The summed E-state index contributed by atoms with van der Waals surface area (Å²) in [5, 5.41) is 0. The largest absolute Gasteiger partial charge is 0.103 e. The molecule has 0 saturated heterocycles. The third-order valence-electron chi connectivity index (χ3n) is 3.21. The molecule has 16 heavy (non-hydrogen) atoms. The van der Waals surface area contributed by atoms with Crippen molar-refractivity contribution in [3.63, 3.8) is 0 Å². The summed E-state index contributed by atoms with van der Waals surface area (Å²) in [5.41, 5.74) is 0. The number of rotatable bonds is 9. The molecule has 0 bridgehead atoms. The van der Waals surface area contributed by atoms with Gasteiger partial charge >= 0.3 is 0 Å². The molecule has 0 aromatic rings. The summed E-state index contributed by atoms with van der Waals surface area (Å²) in [6.07, 6.45) is 13.1. The molecule has 0 amide bonds. The first kappa shape index (κ1) is 15.6. The van der Waals surface area contributed by atoms with Gasteiger partial charge in [-0.25, -0.2) is 0 Å². The normalized spacial score (nSPS) is 11.9. The smallest absolute Gasteiger partial charge is 0.00886 e. The van der Waals surface area contributed by atoms with Crippen LogP contribution < -0.4 is 0 Å². The van der Waals surface area contributed by atoms with E-state index in [2.05, 4.69) is 32.6 Å². The molecule has 0 spiro atoms. The van der Waals surface area contributed by atoms with Gasteiger partial charge in [-0.05, 0) is 18.8 Å². The first-order valence-electron chi connectivity index (χ1n) is 7.30. The predicted molar refractivity (Wildman–Crippen MR) is 74.5 cm³/mol. The zero-order valence-corrected chi connectivity index (χ0v) is 11.6. The second kappa shape index (κ2) is 12.6. The molecule has 0 rings (SSSR count). The second-order valence-electron chi connectivity index (χ2n) is 4.77. The van der Waals surface area contributed by atoms with Gasteiger partial charge in [-0.3, -0.25) is 0 Å². The van der Waals surface area contributed by atoms with E-state index in [1.165, 1.54) is 51.4 Å². The molecule has 94 valence electrons. The molecule has 1 atom stereocenters. The van der Waals surface area contributed by atoms with Gasteiger partial charge in [0, 0.05) is 12.8 Å². The van der Waals surface area contributed by atoms with Gasteiger partial charge in [0.1, 0.15) is 0 Å². The zero-order chi connectivity index (χ0) is 12.1. The average molecular weight is 222 g/mol. The fourth-order valence-electron chi connectivity index (χ4n) is 1.99. The topological polar surface area (TPSA) is 0 Å². The molecule has 0 heteroatoms. The van der Waals surface area contributed by atoms with Crippen LogP contribution in [0.4, 0.5) is 0 Å². The maximum absolute atomic E-state index is 3.27. The fraction of sp³-hybridized carbons (Fsp3) is 0.875. The van der Waals surface area contributed by atoms with Gasteiger partial charge in [0.2, 0.25) is 0 Å². The third kappa shape index (κ3) is 10.1. The van der Waals surface area contributed by atoms with E-state index < -0.39 is 0 Å². The lowest BCUT2D eigenvalue weighted by Gasteiger charge is -2.13. The van der Waals surface area contributed by atoms with Gasteiger partial charge in [0.25, 0.3) is 0 Å². The summed E-state index contributed by atoms with van der Waals surface area (Å²) < 4.78 is 0. The molecule has 0 aromatic heterocycles. The van der Waals surface area contributed by atoms with Crippen molar-refractivity contribution in [1.82, 2.24) is 0 Å². The lowest BCUT2D eigenvalue weighted by Crippen LogP contribution is -1.98. The van der Waals surface area contributed by atoms with Gasteiger partial charge in [-0.15, -0.1) is 11.8 Å². The summed E-state index contributed by atoms with van der Waals surface area (Å²) in [5.74, 6) is 7.47. The van der Waals surface area contributed by atoms with Crippen LogP contribution in [0.1, 0.15) is 85.0 Å². The highest BCUT2D eigenvalue weighted by Gasteiger charge is 2.04. The number of hydrogen-bond acceptors (Lipinski definition) is 0. The third-order valence-corrected chi connectivity index (χ3v) is 3.21. The molecule has 0 N–H and O–H groups in total. The Balaban J connectivity index is 3.38. The Hall–Kier alpha value is -0.440. The fourth-order valence-corrected chi connectivity index (χ4v) is 1.99. The van der Waals surface area contributed by atoms with E-state index >= 15 is 0 Å². The molecule has 0 nitrogen and oxygen atoms in total. The van der Waals surface area contributed by atoms with Crippen LogP contribution in [0.2, 0.25) is 0 Å². The minimum absolute atomic E-state index is 0.976. The van der Waals surface area contributed by atoms with Crippen molar-refractivity contribution in [3.8, 4) is 11.8 Å². The minimum Gasteiger partial charge on any atom is -0.103 e. The van der Waals surface area contributed by atoms with Crippen molar-refractivity contribution in [2.24, 2.45) is 5.92 Å². The van der Waals surface area contributed by atoms with Crippen LogP contribution in [0.25, 0.3) is 0 Å². The van der Waals surface area contributed by atoms with E-state index in [-0.39, 0.29) is 0 Å². The van der Waals surface area contributed by atoms with Gasteiger partial charge in [-0.1, -0.05) is 59.3 Å². The lowest BCUT2D eigenvalue weighted by molar-refractivity contribution is 0.406. The van der Waals surface area contributed by atoms with Crippen LogP contribution in [0.15, 0.2) is 0 Å². The predicted octanol–water partition coefficient (Wildman–Crippen LogP) is 5.57. The highest BCUT2D eigenvalue weighted by Crippen LogP contribution is 2.19. The van der Waals surface area contributed by atoms with Gasteiger partial charge in [0.15, 0.2) is 0 Å². The van der Waals surface area contributed by atoms with Crippen molar-refractivity contribution < 1.29 is 0 Å². The van der Waals surface area contributed by atoms with E-state index in [1.807, 2.05) is 0 Å². The average Bonchev–Trinajstić information content (AvgIpc) is 2.32. The van der Waals surface area contributed by atoms with Crippen molar-refractivity contribution in [2.75, 3.05) is 0 Å². The molecule has 0 heterocycles. The Kier molecular flexibility index (Phi) is 12.3. The van der Waals surface area contributed by atoms with Crippen molar-refractivity contribution >= 4 is 0 Å². The molecule has 0 aliphatic rings. The first-order valence-corrected chi connectivity index (χ1v) is 7.30. The lowest BCUT2D eigenvalue weighted by atomic mass is 9.93. The minimum atomic E-state index is 0.976. The Morgan fingerprint density at radius 1 is 0.750 bits per heavy atom. The highest BCUT2D eigenvalue weighted by atomic mass is 14.1. The summed E-state index contributed by atoms with van der Waals surface area (Å²) in [4.78, 5) is 0. The standard InChI is InChI=1S/C16H30/c1-4-7-9-10-11-12-13-15-16(6-3)14-8-5-2/h16H,4-8,11-15H2,1-3H3. The first-order chi connectivity index (χ1) is 7.85. The monoisotopic (exact) mass is 222 g/mol. The number of unbranched alkanes of at least 4 members (excludes halogenated alkanes) is 4. The van der Waals surface area contributed by atoms with Crippen molar-refractivity contribution in [3.05, 3.63) is 0 Å². The summed E-state index contributed by atoms with van der Waals surface area (Å²) in [6.45, 7) is 6.81. The highest BCUT2D eigenvalue weighted by molar-refractivity contribution is 4.98. The summed E-state index contributed by atoms with van der Waals surface area (Å²) in [7, 11) is 0. The van der Waals surface area contributed by atoms with Crippen molar-refractivity contribution in [1.29, 1.82) is 0 Å². The molecule has 0 aliphatic heterocycles. The van der Waals surface area contributed by atoms with Crippen molar-refractivity contribution in [2.45, 2.75) is 85.0 Å². The van der Waals surface area contributed by atoms with Crippen LogP contribution in [-0.4, -0.2) is 0 Å². The molecular weight excluding hydrogens is 192 g/mol. The van der Waals surface area contributed by atoms with E-state index in [1.54, 1.807) is 0 Å².